The summed E-state index contributed by atoms with van der Waals surface area (Å²) in [6.07, 6.45) is 1.75. The monoisotopic (exact) mass is 394 g/mol. The van der Waals surface area contributed by atoms with Crippen LogP contribution in [0.1, 0.15) is 37.8 Å². The van der Waals surface area contributed by atoms with Crippen LogP contribution in [0.15, 0.2) is 29.2 Å². The van der Waals surface area contributed by atoms with Crippen LogP contribution in [0.4, 0.5) is 13.2 Å². The number of halogens is 3. The Bertz CT molecular complexity index is 870. The van der Waals surface area contributed by atoms with E-state index in [0.717, 1.165) is 35.7 Å². The number of thioether (sulfide) groups is 1. The van der Waals surface area contributed by atoms with Crippen molar-refractivity contribution in [1.82, 2.24) is 0 Å². The lowest BCUT2D eigenvalue weighted by Gasteiger charge is -2.16. The molecule has 0 heterocycles. The van der Waals surface area contributed by atoms with Crippen molar-refractivity contribution in [3.63, 3.8) is 0 Å². The minimum absolute atomic E-state index is 0.0120. The first-order chi connectivity index (χ1) is 12.7. The van der Waals surface area contributed by atoms with Gasteiger partial charge in [0.15, 0.2) is 0 Å². The normalized spacial score (nSPS) is 15.0. The number of carboxylic acids is 1. The van der Waals surface area contributed by atoms with E-state index in [1.807, 2.05) is 0 Å². The summed E-state index contributed by atoms with van der Waals surface area (Å²) in [5.41, 5.74) is 2.69. The van der Waals surface area contributed by atoms with E-state index in [1.165, 1.54) is 24.3 Å². The molecule has 144 valence electrons. The molecule has 0 atom stereocenters. The maximum Gasteiger partial charge on any atom is 0.303 e. The second-order valence-electron chi connectivity index (χ2n) is 7.72. The molecule has 0 spiro atoms. The van der Waals surface area contributed by atoms with Crippen molar-refractivity contribution in [2.45, 2.75) is 44.4 Å². The Morgan fingerprint density at radius 3 is 2.41 bits per heavy atom. The topological polar surface area (TPSA) is 37.3 Å². The first-order valence-electron chi connectivity index (χ1n) is 8.81. The number of hydrogen-bond donors (Lipinski definition) is 1. The van der Waals surface area contributed by atoms with Gasteiger partial charge in [0.1, 0.15) is 17.5 Å². The quantitative estimate of drug-likeness (QED) is 0.493. The van der Waals surface area contributed by atoms with Crippen LogP contribution in [0.5, 0.6) is 0 Å². The molecule has 2 aromatic carbocycles. The third-order valence-corrected chi connectivity index (χ3v) is 5.89. The summed E-state index contributed by atoms with van der Waals surface area (Å²) in [6.45, 7) is 4.18. The summed E-state index contributed by atoms with van der Waals surface area (Å²) < 4.78 is 43.1. The van der Waals surface area contributed by atoms with E-state index in [-0.39, 0.29) is 16.7 Å². The molecule has 1 aliphatic carbocycles. The lowest BCUT2D eigenvalue weighted by Crippen LogP contribution is -2.09. The first kappa shape index (κ1) is 19.8. The van der Waals surface area contributed by atoms with E-state index >= 15 is 0 Å². The summed E-state index contributed by atoms with van der Waals surface area (Å²) in [7, 11) is 0. The standard InChI is InChI=1S/C21H21F3O2S/c1-21(2)10-13-6-14(22)9-15(16(13)11-21)12-7-17(23)20(18(24)8-12)27-5-3-4-19(25)26/h6-9H,3-5,10-11H2,1-2H3,(H,25,26). The fraction of sp³-hybridized carbons (Fsp3) is 0.381. The Balaban J connectivity index is 1.90. The average Bonchev–Trinajstić information content (AvgIpc) is 2.85. The van der Waals surface area contributed by atoms with Gasteiger partial charge in [0.05, 0.1) is 4.90 Å². The van der Waals surface area contributed by atoms with E-state index in [2.05, 4.69) is 13.8 Å². The molecule has 0 radical (unpaired) electrons. The van der Waals surface area contributed by atoms with Crippen LogP contribution in [0.25, 0.3) is 11.1 Å². The second kappa shape index (κ2) is 7.58. The van der Waals surface area contributed by atoms with Gasteiger partial charge in [-0.1, -0.05) is 13.8 Å². The predicted octanol–water partition coefficient (Wildman–Crippen LogP) is 5.85. The molecular formula is C21H21F3O2S. The van der Waals surface area contributed by atoms with Crippen molar-refractivity contribution in [3.05, 3.63) is 52.8 Å². The molecule has 0 aliphatic heterocycles. The van der Waals surface area contributed by atoms with Crippen molar-refractivity contribution in [3.8, 4) is 11.1 Å². The average molecular weight is 394 g/mol. The molecule has 2 nitrogen and oxygen atoms in total. The Morgan fingerprint density at radius 2 is 1.78 bits per heavy atom. The Labute approximate surface area is 160 Å². The lowest BCUT2D eigenvalue weighted by molar-refractivity contribution is -0.137. The van der Waals surface area contributed by atoms with Crippen LogP contribution >= 0.6 is 11.8 Å². The van der Waals surface area contributed by atoms with Gasteiger partial charge < -0.3 is 5.11 Å². The minimum Gasteiger partial charge on any atom is -0.481 e. The highest BCUT2D eigenvalue weighted by Gasteiger charge is 2.31. The third-order valence-electron chi connectivity index (χ3n) is 4.72. The van der Waals surface area contributed by atoms with E-state index in [9.17, 15) is 18.0 Å². The molecule has 0 fully saturated rings. The molecule has 1 aliphatic rings. The first-order valence-corrected chi connectivity index (χ1v) is 9.80. The van der Waals surface area contributed by atoms with Crippen LogP contribution in [-0.2, 0) is 17.6 Å². The number of aliphatic carboxylic acids is 1. The predicted molar refractivity (Wildman–Crippen MR) is 101 cm³/mol. The van der Waals surface area contributed by atoms with Crippen LogP contribution in [0.2, 0.25) is 0 Å². The largest absolute Gasteiger partial charge is 0.481 e. The maximum absolute atomic E-state index is 14.5. The van der Waals surface area contributed by atoms with Gasteiger partial charge in [-0.25, -0.2) is 13.2 Å². The van der Waals surface area contributed by atoms with Gasteiger partial charge in [-0.2, -0.15) is 0 Å². The summed E-state index contributed by atoms with van der Waals surface area (Å²) in [6, 6.07) is 5.33. The third kappa shape index (κ3) is 4.49. The molecule has 0 unspecified atom stereocenters. The molecule has 1 N–H and O–H groups in total. The van der Waals surface area contributed by atoms with E-state index in [0.29, 0.717) is 23.3 Å². The number of benzene rings is 2. The van der Waals surface area contributed by atoms with Gasteiger partial charge in [-0.05, 0) is 76.9 Å². The number of fused-ring (bicyclic) bond motifs is 1. The van der Waals surface area contributed by atoms with Gasteiger partial charge in [0, 0.05) is 6.42 Å². The summed E-state index contributed by atoms with van der Waals surface area (Å²) in [4.78, 5) is 10.4. The van der Waals surface area contributed by atoms with E-state index in [1.54, 1.807) is 0 Å². The summed E-state index contributed by atoms with van der Waals surface area (Å²) >= 11 is 0.960. The highest BCUT2D eigenvalue weighted by molar-refractivity contribution is 7.99. The van der Waals surface area contributed by atoms with Gasteiger partial charge in [0.25, 0.3) is 0 Å². The van der Waals surface area contributed by atoms with Gasteiger partial charge in [0.2, 0.25) is 0 Å². The smallest absolute Gasteiger partial charge is 0.303 e. The molecule has 0 saturated heterocycles. The highest BCUT2D eigenvalue weighted by atomic mass is 32.2. The zero-order valence-corrected chi connectivity index (χ0v) is 16.1. The fourth-order valence-corrected chi connectivity index (χ4v) is 4.51. The summed E-state index contributed by atoms with van der Waals surface area (Å²) in [5.74, 6) is -2.45. The molecule has 0 aromatic heterocycles. The Kier molecular flexibility index (Phi) is 5.56. The van der Waals surface area contributed by atoms with Crippen LogP contribution < -0.4 is 0 Å². The zero-order chi connectivity index (χ0) is 19.8. The Hall–Kier alpha value is -1.95. The van der Waals surface area contributed by atoms with Crippen molar-refractivity contribution < 1.29 is 23.1 Å². The molecule has 0 saturated carbocycles. The number of hydrogen-bond acceptors (Lipinski definition) is 2. The van der Waals surface area contributed by atoms with Gasteiger partial charge in [-0.3, -0.25) is 4.79 Å². The van der Waals surface area contributed by atoms with Crippen molar-refractivity contribution in [2.24, 2.45) is 5.41 Å². The fourth-order valence-electron chi connectivity index (χ4n) is 3.62. The van der Waals surface area contributed by atoms with Crippen molar-refractivity contribution >= 4 is 17.7 Å². The molecule has 3 rings (SSSR count). The summed E-state index contributed by atoms with van der Waals surface area (Å²) in [5, 5.41) is 8.63. The van der Waals surface area contributed by atoms with Crippen LogP contribution in [0, 0.1) is 22.9 Å². The molecule has 0 bridgehead atoms. The van der Waals surface area contributed by atoms with Gasteiger partial charge >= 0.3 is 5.97 Å². The molecular weight excluding hydrogens is 373 g/mol. The second-order valence-corrected chi connectivity index (χ2v) is 8.83. The number of carboxylic acid groups (broad SMARTS) is 1. The maximum atomic E-state index is 14.5. The number of rotatable bonds is 6. The molecule has 27 heavy (non-hydrogen) atoms. The minimum atomic E-state index is -0.935. The number of carbonyl (C=O) groups is 1. The van der Waals surface area contributed by atoms with E-state index in [4.69, 9.17) is 5.11 Å². The van der Waals surface area contributed by atoms with Crippen molar-refractivity contribution in [1.29, 1.82) is 0 Å². The SMILES string of the molecule is CC1(C)Cc2cc(F)cc(-c3cc(F)c(SCCCC(=O)O)c(F)c3)c2C1. The lowest BCUT2D eigenvalue weighted by atomic mass is 9.89. The van der Waals surface area contributed by atoms with Crippen molar-refractivity contribution in [2.75, 3.05) is 5.75 Å². The Morgan fingerprint density at radius 1 is 1.11 bits per heavy atom. The zero-order valence-electron chi connectivity index (χ0n) is 15.2. The van der Waals surface area contributed by atoms with Crippen LogP contribution in [0.3, 0.4) is 0 Å². The van der Waals surface area contributed by atoms with E-state index < -0.39 is 23.4 Å². The highest BCUT2D eigenvalue weighted by Crippen LogP contribution is 2.42. The van der Waals surface area contributed by atoms with Gasteiger partial charge in [-0.15, -0.1) is 11.8 Å². The molecule has 6 heteroatoms. The molecule has 0 amide bonds. The van der Waals surface area contributed by atoms with Crippen LogP contribution in [-0.4, -0.2) is 16.8 Å². The molecule has 2 aromatic rings.